The number of hydrogen-bond acceptors (Lipinski definition) is 7. The van der Waals surface area contributed by atoms with E-state index in [1.54, 1.807) is 0 Å². The number of nitrogens with one attached hydrogen (secondary N) is 1. The highest BCUT2D eigenvalue weighted by molar-refractivity contribution is 7.98. The van der Waals surface area contributed by atoms with Crippen LogP contribution in [0.1, 0.15) is 13.3 Å². The van der Waals surface area contributed by atoms with Crippen LogP contribution in [0.5, 0.6) is 5.75 Å². The van der Waals surface area contributed by atoms with E-state index in [2.05, 4.69) is 25.1 Å². The van der Waals surface area contributed by atoms with Crippen molar-refractivity contribution in [1.82, 2.24) is 25.1 Å². The average Bonchev–Trinajstić information content (AvgIpc) is 2.59. The van der Waals surface area contributed by atoms with Crippen LogP contribution in [0.3, 0.4) is 0 Å². The summed E-state index contributed by atoms with van der Waals surface area (Å²) in [5, 5.41) is 8.22. The second-order valence-corrected chi connectivity index (χ2v) is 5.50. The fourth-order valence-electron chi connectivity index (χ4n) is 2.04. The minimum absolute atomic E-state index is 0.124. The predicted octanol–water partition coefficient (Wildman–Crippen LogP) is 2.29. The van der Waals surface area contributed by atoms with Crippen molar-refractivity contribution in [2.45, 2.75) is 18.5 Å². The quantitative estimate of drug-likeness (QED) is 0.718. The maximum atomic E-state index is 12.2. The standard InChI is InChI=1S/C15H15N5O2S/c1-3-8-22-10-7-5-4-6-9(10)12-16-13-11(14(21)17-12)19-20-15(18-13)23-2/h4-7H,3,8H2,1-2H3,(H,16,17,18,20,21). The molecule has 0 amide bonds. The zero-order chi connectivity index (χ0) is 16.2. The van der Waals surface area contributed by atoms with Gasteiger partial charge in [0.2, 0.25) is 5.16 Å². The fourth-order valence-corrected chi connectivity index (χ4v) is 2.34. The van der Waals surface area contributed by atoms with Crippen LogP contribution in [-0.2, 0) is 0 Å². The summed E-state index contributed by atoms with van der Waals surface area (Å²) in [5.41, 5.74) is 0.735. The van der Waals surface area contributed by atoms with Crippen molar-refractivity contribution in [2.24, 2.45) is 0 Å². The summed E-state index contributed by atoms with van der Waals surface area (Å²) < 4.78 is 5.72. The van der Waals surface area contributed by atoms with Crippen LogP contribution >= 0.6 is 11.8 Å². The van der Waals surface area contributed by atoms with Gasteiger partial charge in [0.05, 0.1) is 12.2 Å². The average molecular weight is 329 g/mol. The van der Waals surface area contributed by atoms with Gasteiger partial charge in [0.1, 0.15) is 11.6 Å². The third-order valence-corrected chi connectivity index (χ3v) is 3.64. The lowest BCUT2D eigenvalue weighted by atomic mass is 10.2. The van der Waals surface area contributed by atoms with Crippen molar-refractivity contribution in [1.29, 1.82) is 0 Å². The van der Waals surface area contributed by atoms with Crippen molar-refractivity contribution < 1.29 is 4.74 Å². The lowest BCUT2D eigenvalue weighted by Crippen LogP contribution is -2.13. The molecule has 0 spiro atoms. The molecule has 1 N–H and O–H groups in total. The SMILES string of the molecule is CCCOc1ccccc1-c1nc2nc(SC)nnc2c(=O)[nH]1. The normalized spacial score (nSPS) is 10.9. The summed E-state index contributed by atoms with van der Waals surface area (Å²) in [7, 11) is 0. The molecule has 2 heterocycles. The Morgan fingerprint density at radius 3 is 2.83 bits per heavy atom. The van der Waals surface area contributed by atoms with Crippen LogP contribution < -0.4 is 10.3 Å². The lowest BCUT2D eigenvalue weighted by Gasteiger charge is -2.10. The van der Waals surface area contributed by atoms with Gasteiger partial charge in [-0.3, -0.25) is 4.79 Å². The molecule has 0 fully saturated rings. The second-order valence-electron chi connectivity index (χ2n) is 4.73. The van der Waals surface area contributed by atoms with Gasteiger partial charge in [0.15, 0.2) is 11.2 Å². The number of ether oxygens (including phenoxy) is 1. The maximum absolute atomic E-state index is 12.2. The molecule has 118 valence electrons. The summed E-state index contributed by atoms with van der Waals surface area (Å²) in [5.74, 6) is 1.07. The Kier molecular flexibility index (Phi) is 4.52. The number of para-hydroxylation sites is 1. The first kappa shape index (κ1) is 15.4. The van der Waals surface area contributed by atoms with Crippen molar-refractivity contribution in [3.63, 3.8) is 0 Å². The van der Waals surface area contributed by atoms with E-state index >= 15 is 0 Å². The van der Waals surface area contributed by atoms with Gasteiger partial charge in [-0.25, -0.2) is 4.98 Å². The van der Waals surface area contributed by atoms with Gasteiger partial charge < -0.3 is 9.72 Å². The summed E-state index contributed by atoms with van der Waals surface area (Å²) in [6.45, 7) is 2.63. The Labute approximate surface area is 136 Å². The monoisotopic (exact) mass is 329 g/mol. The van der Waals surface area contributed by atoms with Gasteiger partial charge in [-0.15, -0.1) is 10.2 Å². The number of aromatic nitrogens is 5. The van der Waals surface area contributed by atoms with E-state index in [4.69, 9.17) is 4.74 Å². The highest BCUT2D eigenvalue weighted by Gasteiger charge is 2.13. The molecular formula is C15H15N5O2S. The smallest absolute Gasteiger partial charge is 0.281 e. The molecule has 1 aromatic carbocycles. The van der Waals surface area contributed by atoms with Crippen molar-refractivity contribution >= 4 is 22.9 Å². The van der Waals surface area contributed by atoms with E-state index in [0.717, 1.165) is 6.42 Å². The van der Waals surface area contributed by atoms with Gasteiger partial charge in [-0.05, 0) is 24.8 Å². The summed E-state index contributed by atoms with van der Waals surface area (Å²) in [4.78, 5) is 23.6. The minimum Gasteiger partial charge on any atom is -0.493 e. The van der Waals surface area contributed by atoms with E-state index in [-0.39, 0.29) is 16.7 Å². The highest BCUT2D eigenvalue weighted by atomic mass is 32.2. The number of fused-ring (bicyclic) bond motifs is 1. The number of aromatic amines is 1. The molecule has 0 bridgehead atoms. The van der Waals surface area contributed by atoms with Crippen LogP contribution in [0.25, 0.3) is 22.6 Å². The Hall–Kier alpha value is -2.48. The molecule has 3 aromatic rings. The van der Waals surface area contributed by atoms with Gasteiger partial charge in [-0.2, -0.15) is 4.98 Å². The molecule has 0 unspecified atom stereocenters. The van der Waals surface area contributed by atoms with Crippen molar-refractivity contribution in [2.75, 3.05) is 12.9 Å². The van der Waals surface area contributed by atoms with Crippen molar-refractivity contribution in [3.05, 3.63) is 34.6 Å². The molecule has 7 nitrogen and oxygen atoms in total. The number of benzene rings is 1. The molecule has 8 heteroatoms. The van der Waals surface area contributed by atoms with Crippen LogP contribution in [0.15, 0.2) is 34.2 Å². The van der Waals surface area contributed by atoms with Crippen LogP contribution in [0, 0.1) is 0 Å². The first-order chi connectivity index (χ1) is 11.2. The van der Waals surface area contributed by atoms with E-state index in [1.165, 1.54) is 11.8 Å². The third kappa shape index (κ3) is 3.16. The number of hydrogen-bond donors (Lipinski definition) is 1. The first-order valence-corrected chi connectivity index (χ1v) is 8.36. The Bertz CT molecular complexity index is 896. The van der Waals surface area contributed by atoms with Gasteiger partial charge >= 0.3 is 0 Å². The van der Waals surface area contributed by atoms with Gasteiger partial charge in [-0.1, -0.05) is 30.8 Å². The summed E-state index contributed by atoms with van der Waals surface area (Å²) in [6.07, 6.45) is 2.73. The molecule has 0 saturated carbocycles. The van der Waals surface area contributed by atoms with Crippen LogP contribution in [-0.4, -0.2) is 38.0 Å². The Morgan fingerprint density at radius 1 is 1.22 bits per heavy atom. The first-order valence-electron chi connectivity index (χ1n) is 7.14. The molecule has 0 aliphatic heterocycles. The molecule has 0 radical (unpaired) electrons. The molecule has 0 aliphatic carbocycles. The van der Waals surface area contributed by atoms with E-state index < -0.39 is 0 Å². The third-order valence-electron chi connectivity index (χ3n) is 3.10. The number of H-pyrrole nitrogens is 1. The summed E-state index contributed by atoms with van der Waals surface area (Å²) in [6, 6.07) is 7.44. The second kappa shape index (κ2) is 6.74. The Balaban J connectivity index is 2.15. The number of nitrogens with zero attached hydrogens (tertiary/aromatic N) is 4. The van der Waals surface area contributed by atoms with Crippen LogP contribution in [0.2, 0.25) is 0 Å². The molecule has 0 aliphatic rings. The molecule has 23 heavy (non-hydrogen) atoms. The number of thioether (sulfide) groups is 1. The summed E-state index contributed by atoms with van der Waals surface area (Å²) >= 11 is 1.34. The van der Waals surface area contributed by atoms with Gasteiger partial charge in [0, 0.05) is 0 Å². The fraction of sp³-hybridized carbons (Fsp3) is 0.267. The topological polar surface area (TPSA) is 93.7 Å². The molecule has 0 atom stereocenters. The maximum Gasteiger partial charge on any atom is 0.281 e. The van der Waals surface area contributed by atoms with Crippen molar-refractivity contribution in [3.8, 4) is 17.1 Å². The van der Waals surface area contributed by atoms with E-state index in [9.17, 15) is 4.79 Å². The van der Waals surface area contributed by atoms with Gasteiger partial charge in [0.25, 0.3) is 5.56 Å². The molecular weight excluding hydrogens is 314 g/mol. The number of rotatable bonds is 5. The largest absolute Gasteiger partial charge is 0.493 e. The molecule has 0 saturated heterocycles. The molecule has 2 aromatic heterocycles. The Morgan fingerprint density at radius 2 is 2.04 bits per heavy atom. The predicted molar refractivity (Wildman–Crippen MR) is 88.8 cm³/mol. The van der Waals surface area contributed by atoms with E-state index in [0.29, 0.717) is 28.9 Å². The zero-order valence-corrected chi connectivity index (χ0v) is 13.6. The highest BCUT2D eigenvalue weighted by Crippen LogP contribution is 2.27. The molecule has 3 rings (SSSR count). The van der Waals surface area contributed by atoms with Crippen LogP contribution in [0.4, 0.5) is 0 Å². The van der Waals surface area contributed by atoms with E-state index in [1.807, 2.05) is 37.4 Å². The lowest BCUT2D eigenvalue weighted by molar-refractivity contribution is 0.318. The zero-order valence-electron chi connectivity index (χ0n) is 12.7. The minimum atomic E-state index is -0.372.